The van der Waals surface area contributed by atoms with Crippen LogP contribution in [0.2, 0.25) is 0 Å². The zero-order valence-corrected chi connectivity index (χ0v) is 22.1. The molecule has 0 bridgehead atoms. The fourth-order valence-corrected chi connectivity index (χ4v) is 4.00. The number of carbonyl (C=O) groups is 3. The summed E-state index contributed by atoms with van der Waals surface area (Å²) in [5.41, 5.74) is -0.665. The number of piperidine rings is 1. The Labute approximate surface area is 205 Å². The summed E-state index contributed by atoms with van der Waals surface area (Å²) in [6, 6.07) is -1.06. The normalized spacial score (nSPS) is 18.4. The number of carbonyl (C=O) groups excluding carboxylic acids is 2. The average molecular weight is 486 g/mol. The highest BCUT2D eigenvalue weighted by atomic mass is 16.5. The van der Waals surface area contributed by atoms with Crippen molar-refractivity contribution in [3.05, 3.63) is 0 Å². The lowest BCUT2D eigenvalue weighted by Gasteiger charge is -2.35. The van der Waals surface area contributed by atoms with Crippen LogP contribution in [0.25, 0.3) is 0 Å². The highest BCUT2D eigenvalue weighted by Gasteiger charge is 2.26. The van der Waals surface area contributed by atoms with Crippen LogP contribution in [-0.2, 0) is 23.9 Å². The van der Waals surface area contributed by atoms with Crippen molar-refractivity contribution in [2.75, 3.05) is 39.4 Å². The Morgan fingerprint density at radius 1 is 1.12 bits per heavy atom. The van der Waals surface area contributed by atoms with E-state index in [0.717, 1.165) is 26.1 Å². The maximum atomic E-state index is 12.1. The molecule has 9 nitrogen and oxygen atoms in total. The molecule has 0 saturated carbocycles. The lowest BCUT2D eigenvalue weighted by molar-refractivity contribution is -0.141. The number of aliphatic carboxylic acids is 1. The number of carboxylic acids is 1. The van der Waals surface area contributed by atoms with E-state index in [4.69, 9.17) is 14.6 Å². The van der Waals surface area contributed by atoms with E-state index in [2.05, 4.69) is 36.3 Å². The van der Waals surface area contributed by atoms with Crippen LogP contribution in [-0.4, -0.2) is 84.4 Å². The maximum Gasteiger partial charge on any atom is 0.326 e. The van der Waals surface area contributed by atoms with Crippen molar-refractivity contribution >= 4 is 17.8 Å². The summed E-state index contributed by atoms with van der Waals surface area (Å²) >= 11 is 0. The van der Waals surface area contributed by atoms with Gasteiger partial charge in [0.25, 0.3) is 0 Å². The molecule has 3 N–H and O–H groups in total. The number of nitrogens with zero attached hydrogens (tertiary/aromatic N) is 1. The number of hydrogen-bond acceptors (Lipinski definition) is 6. The molecule has 34 heavy (non-hydrogen) atoms. The molecule has 1 aliphatic rings. The zero-order valence-electron chi connectivity index (χ0n) is 22.1. The minimum atomic E-state index is -1.15. The Bertz CT molecular complexity index is 653. The molecule has 2 amide bonds. The number of amides is 2. The molecular weight excluding hydrogens is 438 g/mol. The zero-order chi connectivity index (χ0) is 25.8. The number of ether oxygens (including phenoxy) is 2. The smallest absolute Gasteiger partial charge is 0.326 e. The largest absolute Gasteiger partial charge is 0.480 e. The van der Waals surface area contributed by atoms with Crippen LogP contribution < -0.4 is 10.6 Å². The Morgan fingerprint density at radius 2 is 1.79 bits per heavy atom. The molecule has 0 radical (unpaired) electrons. The molecule has 1 fully saturated rings. The van der Waals surface area contributed by atoms with Crippen molar-refractivity contribution < 1.29 is 29.0 Å². The van der Waals surface area contributed by atoms with Crippen LogP contribution in [0.15, 0.2) is 0 Å². The van der Waals surface area contributed by atoms with Crippen molar-refractivity contribution in [1.82, 2.24) is 15.5 Å². The number of rotatable bonds is 16. The van der Waals surface area contributed by atoms with Crippen molar-refractivity contribution in [3.8, 4) is 0 Å². The predicted octanol–water partition coefficient (Wildman–Crippen LogP) is 2.57. The summed E-state index contributed by atoms with van der Waals surface area (Å²) in [6.07, 6.45) is 3.96. The number of carboxylic acid groups (broad SMARTS) is 1. The van der Waals surface area contributed by atoms with Gasteiger partial charge >= 0.3 is 5.97 Å². The van der Waals surface area contributed by atoms with Crippen LogP contribution in [0.1, 0.15) is 80.1 Å². The number of likely N-dealkylation sites (tertiary alicyclic amines) is 1. The molecule has 1 saturated heterocycles. The first-order valence-corrected chi connectivity index (χ1v) is 12.6. The average Bonchev–Trinajstić information content (AvgIpc) is 2.74. The Balaban J connectivity index is 2.26. The van der Waals surface area contributed by atoms with Crippen molar-refractivity contribution in [2.45, 2.75) is 97.3 Å². The summed E-state index contributed by atoms with van der Waals surface area (Å²) < 4.78 is 12.3. The molecule has 0 aromatic rings. The Morgan fingerprint density at radius 3 is 2.41 bits per heavy atom. The van der Waals surface area contributed by atoms with Crippen LogP contribution in [0.5, 0.6) is 0 Å². The lowest BCUT2D eigenvalue weighted by Crippen LogP contribution is -2.41. The van der Waals surface area contributed by atoms with Crippen LogP contribution in [0, 0.1) is 5.92 Å². The minimum absolute atomic E-state index is 0.0288. The van der Waals surface area contributed by atoms with Gasteiger partial charge in [0.1, 0.15) is 6.04 Å². The molecule has 198 valence electrons. The molecule has 2 atom stereocenters. The number of hydrogen-bond donors (Lipinski definition) is 3. The molecule has 1 rings (SSSR count). The third kappa shape index (κ3) is 13.2. The molecule has 9 heteroatoms. The molecule has 2 unspecified atom stereocenters. The van der Waals surface area contributed by atoms with Gasteiger partial charge in [-0.25, -0.2) is 4.79 Å². The fourth-order valence-electron chi connectivity index (χ4n) is 4.00. The molecule has 1 aliphatic heterocycles. The highest BCUT2D eigenvalue weighted by Crippen LogP contribution is 2.23. The number of nitrogens with one attached hydrogen (secondary N) is 2. The fraction of sp³-hybridized carbons (Fsp3) is 0.880. The topological polar surface area (TPSA) is 117 Å². The van der Waals surface area contributed by atoms with Gasteiger partial charge in [-0.2, -0.15) is 0 Å². The first-order valence-electron chi connectivity index (χ1n) is 12.6. The van der Waals surface area contributed by atoms with Gasteiger partial charge in [-0.05, 0) is 78.8 Å². The summed E-state index contributed by atoms with van der Waals surface area (Å²) in [4.78, 5) is 36.7. The molecule has 0 spiro atoms. The second kappa shape index (κ2) is 14.6. The summed E-state index contributed by atoms with van der Waals surface area (Å²) in [6.45, 7) is 16.8. The maximum absolute atomic E-state index is 12.1. The van der Waals surface area contributed by atoms with E-state index in [1.807, 2.05) is 13.8 Å². The molecule has 0 aromatic heterocycles. The van der Waals surface area contributed by atoms with E-state index in [1.165, 1.54) is 26.3 Å². The highest BCUT2D eigenvalue weighted by molar-refractivity contribution is 5.83. The van der Waals surface area contributed by atoms with E-state index in [0.29, 0.717) is 25.5 Å². The minimum Gasteiger partial charge on any atom is -0.480 e. The molecular formula is C25H47N3O6. The molecule has 0 aliphatic carbocycles. The third-order valence-electron chi connectivity index (χ3n) is 6.34. The van der Waals surface area contributed by atoms with Gasteiger partial charge in [-0.15, -0.1) is 0 Å². The van der Waals surface area contributed by atoms with Gasteiger partial charge in [-0.3, -0.25) is 9.59 Å². The monoisotopic (exact) mass is 485 g/mol. The first kappa shape index (κ1) is 30.3. The van der Waals surface area contributed by atoms with E-state index in [1.54, 1.807) is 0 Å². The third-order valence-corrected chi connectivity index (χ3v) is 6.34. The second-order valence-electron chi connectivity index (χ2n) is 10.6. The van der Waals surface area contributed by atoms with E-state index in [9.17, 15) is 14.4 Å². The predicted molar refractivity (Wildman–Crippen MR) is 132 cm³/mol. The van der Waals surface area contributed by atoms with Crippen molar-refractivity contribution in [3.63, 3.8) is 0 Å². The Hall–Kier alpha value is -1.71. The van der Waals surface area contributed by atoms with Gasteiger partial charge in [-0.1, -0.05) is 6.92 Å². The SMILES string of the molecule is CCN1CCCC(COC(C)(C)CCOC(C)(C)CCNC(=O)CCC(NC(C)=O)C(=O)O)C1. The summed E-state index contributed by atoms with van der Waals surface area (Å²) in [5.74, 6) is -1.23. The quantitative estimate of drug-likeness (QED) is 0.308. The summed E-state index contributed by atoms with van der Waals surface area (Å²) in [7, 11) is 0. The van der Waals surface area contributed by atoms with Crippen LogP contribution in [0.4, 0.5) is 0 Å². The van der Waals surface area contributed by atoms with E-state index < -0.39 is 23.5 Å². The molecule has 1 heterocycles. The van der Waals surface area contributed by atoms with Gasteiger partial charge < -0.3 is 30.1 Å². The van der Waals surface area contributed by atoms with Crippen molar-refractivity contribution in [2.24, 2.45) is 5.92 Å². The van der Waals surface area contributed by atoms with Gasteiger partial charge in [0.2, 0.25) is 11.8 Å². The molecule has 0 aromatic carbocycles. The van der Waals surface area contributed by atoms with E-state index in [-0.39, 0.29) is 24.3 Å². The van der Waals surface area contributed by atoms with Gasteiger partial charge in [0.15, 0.2) is 0 Å². The van der Waals surface area contributed by atoms with Gasteiger partial charge in [0, 0.05) is 26.4 Å². The summed E-state index contributed by atoms with van der Waals surface area (Å²) in [5, 5.41) is 14.2. The standard InChI is InChI=1S/C25H47N3O6/c1-7-28-15-8-9-20(17-28)18-34-25(5,6)13-16-33-24(3,4)12-14-26-22(30)11-10-21(23(31)32)27-19(2)29/h20-21H,7-18H2,1-6H3,(H,26,30)(H,27,29)(H,31,32). The van der Waals surface area contributed by atoms with Gasteiger partial charge in [0.05, 0.1) is 24.4 Å². The second-order valence-corrected chi connectivity index (χ2v) is 10.6. The Kier molecular flexibility index (Phi) is 13.1. The van der Waals surface area contributed by atoms with Crippen LogP contribution in [0.3, 0.4) is 0 Å². The van der Waals surface area contributed by atoms with E-state index >= 15 is 0 Å². The van der Waals surface area contributed by atoms with Crippen molar-refractivity contribution in [1.29, 1.82) is 0 Å². The first-order chi connectivity index (χ1) is 15.8. The lowest BCUT2D eigenvalue weighted by atomic mass is 9.98. The van der Waals surface area contributed by atoms with Crippen LogP contribution >= 0.6 is 0 Å².